The highest BCUT2D eigenvalue weighted by Gasteiger charge is 2.18. The first-order valence-electron chi connectivity index (χ1n) is 8.96. The predicted octanol–water partition coefficient (Wildman–Crippen LogP) is 3.34. The third-order valence-electron chi connectivity index (χ3n) is 4.53. The Morgan fingerprint density at radius 2 is 2.15 bits per heavy atom. The van der Waals surface area contributed by atoms with Crippen molar-refractivity contribution in [3.63, 3.8) is 0 Å². The van der Waals surface area contributed by atoms with Crippen molar-refractivity contribution in [1.29, 1.82) is 0 Å². The van der Waals surface area contributed by atoms with E-state index in [1.54, 1.807) is 23.5 Å². The van der Waals surface area contributed by atoms with E-state index in [1.807, 2.05) is 32.3 Å². The number of likely N-dealkylation sites (N-methyl/N-ethyl adjacent to an activating group) is 1. The molecule has 1 amide bonds. The van der Waals surface area contributed by atoms with Gasteiger partial charge in [0.25, 0.3) is 5.91 Å². The molecule has 140 valence electrons. The van der Waals surface area contributed by atoms with Crippen molar-refractivity contribution in [1.82, 2.24) is 10.2 Å². The summed E-state index contributed by atoms with van der Waals surface area (Å²) in [7, 11) is 4.05. The van der Waals surface area contributed by atoms with E-state index in [0.29, 0.717) is 18.7 Å². The lowest BCUT2D eigenvalue weighted by Gasteiger charge is -2.23. The van der Waals surface area contributed by atoms with Crippen molar-refractivity contribution >= 4 is 17.2 Å². The van der Waals surface area contributed by atoms with Gasteiger partial charge >= 0.3 is 0 Å². The molecule has 2 heterocycles. The first kappa shape index (κ1) is 18.9. The lowest BCUT2D eigenvalue weighted by molar-refractivity contribution is 0.0679. The van der Waals surface area contributed by atoms with E-state index in [1.165, 1.54) is 4.88 Å². The second kappa shape index (κ2) is 9.16. The van der Waals surface area contributed by atoms with Gasteiger partial charge in [-0.05, 0) is 62.6 Å². The Labute approximate surface area is 158 Å². The molecule has 0 saturated carbocycles. The number of hydrogen-bond donors (Lipinski definition) is 1. The van der Waals surface area contributed by atoms with Crippen molar-refractivity contribution < 1.29 is 14.3 Å². The topological polar surface area (TPSA) is 50.8 Å². The minimum absolute atomic E-state index is 0.0703. The van der Waals surface area contributed by atoms with E-state index < -0.39 is 0 Å². The first-order chi connectivity index (χ1) is 12.6. The van der Waals surface area contributed by atoms with Gasteiger partial charge in [0.05, 0.1) is 12.1 Å². The third-order valence-corrected chi connectivity index (χ3v) is 5.50. The van der Waals surface area contributed by atoms with E-state index >= 15 is 0 Å². The lowest BCUT2D eigenvalue weighted by Crippen LogP contribution is -2.34. The number of nitrogens with one attached hydrogen (secondary N) is 1. The van der Waals surface area contributed by atoms with Crippen molar-refractivity contribution in [2.75, 3.05) is 33.9 Å². The lowest BCUT2D eigenvalue weighted by atomic mass is 10.2. The molecule has 1 aromatic carbocycles. The molecule has 6 heteroatoms. The molecule has 1 aliphatic rings. The van der Waals surface area contributed by atoms with Crippen LogP contribution in [0.1, 0.15) is 34.1 Å². The zero-order valence-corrected chi connectivity index (χ0v) is 16.1. The Morgan fingerprint density at radius 1 is 1.35 bits per heavy atom. The molecule has 0 spiro atoms. The summed E-state index contributed by atoms with van der Waals surface area (Å²) in [4.78, 5) is 15.8. The van der Waals surface area contributed by atoms with Crippen molar-refractivity contribution in [3.8, 4) is 5.75 Å². The summed E-state index contributed by atoms with van der Waals surface area (Å²) in [5.74, 6) is 0.695. The molecule has 1 N–H and O–H groups in total. The quantitative estimate of drug-likeness (QED) is 0.770. The van der Waals surface area contributed by atoms with Gasteiger partial charge in [0.1, 0.15) is 12.4 Å². The van der Waals surface area contributed by atoms with E-state index in [0.717, 1.165) is 25.2 Å². The van der Waals surface area contributed by atoms with Crippen LogP contribution < -0.4 is 10.1 Å². The van der Waals surface area contributed by atoms with Crippen LogP contribution in [0.2, 0.25) is 0 Å². The molecule has 1 aromatic heterocycles. The number of thiophene rings is 1. The van der Waals surface area contributed by atoms with Crippen LogP contribution in [-0.4, -0.2) is 50.8 Å². The van der Waals surface area contributed by atoms with Gasteiger partial charge in [-0.3, -0.25) is 4.79 Å². The summed E-state index contributed by atoms with van der Waals surface area (Å²) in [5, 5.41) is 5.09. The SMILES string of the molecule is CN(C)C(CNC(=O)c1ccc(OCC2CCCO2)cc1)c1cccs1. The van der Waals surface area contributed by atoms with Gasteiger partial charge in [0.15, 0.2) is 0 Å². The Morgan fingerprint density at radius 3 is 2.77 bits per heavy atom. The maximum absolute atomic E-state index is 12.4. The summed E-state index contributed by atoms with van der Waals surface area (Å²) in [6.45, 7) is 1.97. The number of carbonyl (C=O) groups is 1. The van der Waals surface area contributed by atoms with Crippen LogP contribution in [0.3, 0.4) is 0 Å². The molecule has 0 aliphatic carbocycles. The Hall–Kier alpha value is -1.89. The zero-order chi connectivity index (χ0) is 18.4. The number of benzene rings is 1. The number of carbonyl (C=O) groups excluding carboxylic acids is 1. The standard InChI is InChI=1S/C20H26N2O3S/c1-22(2)18(19-6-4-12-26-19)13-21-20(23)15-7-9-16(10-8-15)25-14-17-5-3-11-24-17/h4,6-10,12,17-18H,3,5,11,13-14H2,1-2H3,(H,21,23). The highest BCUT2D eigenvalue weighted by Crippen LogP contribution is 2.22. The molecule has 0 radical (unpaired) electrons. The Kier molecular flexibility index (Phi) is 6.66. The van der Waals surface area contributed by atoms with Crippen molar-refractivity contribution in [2.45, 2.75) is 25.0 Å². The number of rotatable bonds is 8. The number of nitrogens with zero attached hydrogens (tertiary/aromatic N) is 1. The van der Waals surface area contributed by atoms with E-state index in [2.05, 4.69) is 21.7 Å². The molecule has 26 heavy (non-hydrogen) atoms. The van der Waals surface area contributed by atoms with E-state index in [4.69, 9.17) is 9.47 Å². The molecular formula is C20H26N2O3S. The summed E-state index contributed by atoms with van der Waals surface area (Å²) >= 11 is 1.70. The van der Waals surface area contributed by atoms with E-state index in [-0.39, 0.29) is 18.1 Å². The summed E-state index contributed by atoms with van der Waals surface area (Å²) in [6.07, 6.45) is 2.35. The Bertz CT molecular complexity index is 680. The van der Waals surface area contributed by atoms with Crippen LogP contribution in [0.5, 0.6) is 5.75 Å². The monoisotopic (exact) mass is 374 g/mol. The van der Waals surface area contributed by atoms with E-state index in [9.17, 15) is 4.79 Å². The molecule has 0 bridgehead atoms. The van der Waals surface area contributed by atoms with Gasteiger partial charge in [-0.2, -0.15) is 0 Å². The maximum atomic E-state index is 12.4. The fraction of sp³-hybridized carbons (Fsp3) is 0.450. The largest absolute Gasteiger partial charge is 0.491 e. The fourth-order valence-corrected chi connectivity index (χ4v) is 3.90. The van der Waals surface area contributed by atoms with Crippen LogP contribution >= 0.6 is 11.3 Å². The Balaban J connectivity index is 1.50. The first-order valence-corrected chi connectivity index (χ1v) is 9.84. The zero-order valence-electron chi connectivity index (χ0n) is 15.3. The average molecular weight is 375 g/mol. The fourth-order valence-electron chi connectivity index (χ4n) is 2.98. The molecule has 1 saturated heterocycles. The van der Waals surface area contributed by atoms with Gasteiger partial charge in [-0.25, -0.2) is 0 Å². The molecule has 1 fully saturated rings. The summed E-state index contributed by atoms with van der Waals surface area (Å²) in [5.41, 5.74) is 0.637. The minimum Gasteiger partial charge on any atom is -0.491 e. The number of amides is 1. The van der Waals surface area contributed by atoms with Crippen LogP contribution in [-0.2, 0) is 4.74 Å². The van der Waals surface area contributed by atoms with Gasteiger partial charge in [0, 0.05) is 23.6 Å². The average Bonchev–Trinajstić information content (AvgIpc) is 3.34. The summed E-state index contributed by atoms with van der Waals surface area (Å²) in [6, 6.07) is 11.6. The van der Waals surface area contributed by atoms with Gasteiger partial charge in [-0.15, -0.1) is 11.3 Å². The molecule has 3 rings (SSSR count). The smallest absolute Gasteiger partial charge is 0.251 e. The van der Waals surface area contributed by atoms with Crippen molar-refractivity contribution in [3.05, 3.63) is 52.2 Å². The highest BCUT2D eigenvalue weighted by atomic mass is 32.1. The van der Waals surface area contributed by atoms with Crippen molar-refractivity contribution in [2.24, 2.45) is 0 Å². The highest BCUT2D eigenvalue weighted by molar-refractivity contribution is 7.10. The molecule has 5 nitrogen and oxygen atoms in total. The minimum atomic E-state index is -0.0703. The van der Waals surface area contributed by atoms with Gasteiger partial charge in [-0.1, -0.05) is 6.07 Å². The van der Waals surface area contributed by atoms with Crippen LogP contribution in [0.25, 0.3) is 0 Å². The maximum Gasteiger partial charge on any atom is 0.251 e. The van der Waals surface area contributed by atoms with Gasteiger partial charge in [0.2, 0.25) is 0 Å². The number of hydrogen-bond acceptors (Lipinski definition) is 5. The predicted molar refractivity (Wildman–Crippen MR) is 104 cm³/mol. The normalized spacial score (nSPS) is 18.0. The molecule has 1 aliphatic heterocycles. The second-order valence-corrected chi connectivity index (χ2v) is 7.65. The molecule has 2 aromatic rings. The van der Waals surface area contributed by atoms with Crippen LogP contribution in [0, 0.1) is 0 Å². The van der Waals surface area contributed by atoms with Crippen LogP contribution in [0.4, 0.5) is 0 Å². The second-order valence-electron chi connectivity index (χ2n) is 6.68. The third kappa shape index (κ3) is 5.06. The molecular weight excluding hydrogens is 348 g/mol. The molecule has 2 atom stereocenters. The van der Waals surface area contributed by atoms with Gasteiger partial charge < -0.3 is 19.7 Å². The number of ether oxygens (including phenoxy) is 2. The summed E-state index contributed by atoms with van der Waals surface area (Å²) < 4.78 is 11.3. The van der Waals surface area contributed by atoms with Crippen LogP contribution in [0.15, 0.2) is 41.8 Å². The molecule has 2 unspecified atom stereocenters.